The van der Waals surface area contributed by atoms with E-state index in [0.29, 0.717) is 16.8 Å². The average molecular weight is 284 g/mol. The van der Waals surface area contributed by atoms with Crippen LogP contribution in [0.1, 0.15) is 5.69 Å². The molecule has 0 bridgehead atoms. The fourth-order valence-electron chi connectivity index (χ4n) is 1.69. The lowest BCUT2D eigenvalue weighted by atomic mass is 10.1. The van der Waals surface area contributed by atoms with E-state index in [2.05, 4.69) is 9.72 Å². The van der Waals surface area contributed by atoms with Crippen LogP contribution >= 0.6 is 0 Å². The zero-order valence-electron chi connectivity index (χ0n) is 10.2. The van der Waals surface area contributed by atoms with Gasteiger partial charge >= 0.3 is 6.36 Å². The number of nitrogens with zero attached hydrogens (tertiary/aromatic N) is 1. The normalized spacial score (nSPS) is 11.4. The van der Waals surface area contributed by atoms with Crippen molar-refractivity contribution < 1.29 is 23.0 Å². The number of alkyl halides is 3. The van der Waals surface area contributed by atoms with Gasteiger partial charge in [-0.15, -0.1) is 13.2 Å². The largest absolute Gasteiger partial charge is 0.573 e. The quantitative estimate of drug-likeness (QED) is 0.909. The highest BCUT2D eigenvalue weighted by molar-refractivity contribution is 5.74. The Hall–Kier alpha value is -2.28. The lowest BCUT2D eigenvalue weighted by Gasteiger charge is -2.10. The molecule has 4 nitrogen and oxygen atoms in total. The first-order chi connectivity index (χ1) is 9.39. The van der Waals surface area contributed by atoms with Gasteiger partial charge in [0.05, 0.1) is 12.3 Å². The molecule has 0 fully saturated rings. The van der Waals surface area contributed by atoms with E-state index in [1.807, 2.05) is 0 Å². The molecule has 0 radical (unpaired) electrons. The lowest BCUT2D eigenvalue weighted by molar-refractivity contribution is -0.274. The number of aromatic nitrogens is 1. The summed E-state index contributed by atoms with van der Waals surface area (Å²) in [7, 11) is 0. The minimum Gasteiger partial charge on any atom is -0.406 e. The molecule has 0 saturated heterocycles. The number of hydrogen-bond acceptors (Lipinski definition) is 4. The predicted octanol–water partition coefficient (Wildman–Crippen LogP) is 2.72. The summed E-state index contributed by atoms with van der Waals surface area (Å²) in [4.78, 5) is 3.97. The molecule has 2 aromatic rings. The Morgan fingerprint density at radius 3 is 2.25 bits per heavy atom. The van der Waals surface area contributed by atoms with Gasteiger partial charge in [-0.2, -0.15) is 0 Å². The summed E-state index contributed by atoms with van der Waals surface area (Å²) in [6.07, 6.45) is -4.72. The molecule has 0 saturated carbocycles. The monoisotopic (exact) mass is 284 g/mol. The summed E-state index contributed by atoms with van der Waals surface area (Å²) >= 11 is 0. The maximum absolute atomic E-state index is 12.0. The molecule has 0 atom stereocenters. The van der Waals surface area contributed by atoms with Crippen molar-refractivity contribution in [3.05, 3.63) is 42.1 Å². The van der Waals surface area contributed by atoms with Crippen LogP contribution in [0.2, 0.25) is 0 Å². The number of nitrogen functional groups attached to an aromatic ring is 1. The van der Waals surface area contributed by atoms with Crippen LogP contribution in [-0.4, -0.2) is 16.5 Å². The van der Waals surface area contributed by atoms with Crippen molar-refractivity contribution in [3.63, 3.8) is 0 Å². The second-order valence-corrected chi connectivity index (χ2v) is 3.97. The molecule has 1 heterocycles. The van der Waals surface area contributed by atoms with Gasteiger partial charge in [-0.3, -0.25) is 0 Å². The maximum Gasteiger partial charge on any atom is 0.573 e. The Labute approximate surface area is 112 Å². The van der Waals surface area contributed by atoms with Gasteiger partial charge in [0.15, 0.2) is 0 Å². The Balaban J connectivity index is 2.26. The number of nitrogens with two attached hydrogens (primary N) is 1. The van der Waals surface area contributed by atoms with Crippen LogP contribution in [-0.2, 0) is 6.61 Å². The third kappa shape index (κ3) is 3.39. The molecule has 2 rings (SSSR count). The maximum atomic E-state index is 12.0. The average Bonchev–Trinajstić information content (AvgIpc) is 2.38. The third-order valence-corrected chi connectivity index (χ3v) is 2.54. The van der Waals surface area contributed by atoms with Crippen LogP contribution in [0.5, 0.6) is 5.75 Å². The van der Waals surface area contributed by atoms with Crippen molar-refractivity contribution in [2.24, 2.45) is 0 Å². The summed E-state index contributed by atoms with van der Waals surface area (Å²) in [6.45, 7) is -0.233. The zero-order valence-corrected chi connectivity index (χ0v) is 10.2. The van der Waals surface area contributed by atoms with E-state index in [9.17, 15) is 13.2 Å². The number of anilines is 1. The van der Waals surface area contributed by atoms with Crippen molar-refractivity contribution in [1.29, 1.82) is 0 Å². The minimum absolute atomic E-state index is 0.195. The van der Waals surface area contributed by atoms with E-state index < -0.39 is 6.36 Å². The molecular weight excluding hydrogens is 273 g/mol. The number of pyridine rings is 1. The molecule has 20 heavy (non-hydrogen) atoms. The number of benzene rings is 1. The highest BCUT2D eigenvalue weighted by Gasteiger charge is 2.30. The fraction of sp³-hybridized carbons (Fsp3) is 0.154. The number of aliphatic hydroxyl groups is 1. The van der Waals surface area contributed by atoms with E-state index in [-0.39, 0.29) is 18.2 Å². The van der Waals surface area contributed by atoms with Crippen molar-refractivity contribution in [1.82, 2.24) is 4.98 Å². The van der Waals surface area contributed by atoms with Gasteiger partial charge in [-0.1, -0.05) is 12.1 Å². The lowest BCUT2D eigenvalue weighted by Crippen LogP contribution is -2.16. The number of aliphatic hydroxyl groups excluding tert-OH is 1. The second kappa shape index (κ2) is 5.38. The molecular formula is C13H11F3N2O2. The third-order valence-electron chi connectivity index (χ3n) is 2.54. The van der Waals surface area contributed by atoms with Crippen LogP contribution in [0.3, 0.4) is 0 Å². The zero-order chi connectivity index (χ0) is 14.8. The van der Waals surface area contributed by atoms with Gasteiger partial charge in [0, 0.05) is 5.56 Å². The van der Waals surface area contributed by atoms with Crippen molar-refractivity contribution >= 4 is 5.82 Å². The van der Waals surface area contributed by atoms with E-state index in [1.165, 1.54) is 24.3 Å². The number of rotatable bonds is 3. The molecule has 106 valence electrons. The Morgan fingerprint density at radius 2 is 1.75 bits per heavy atom. The van der Waals surface area contributed by atoms with Crippen LogP contribution in [0, 0.1) is 0 Å². The van der Waals surface area contributed by atoms with Crippen molar-refractivity contribution in [3.8, 4) is 16.9 Å². The number of halogens is 3. The summed E-state index contributed by atoms with van der Waals surface area (Å²) in [5, 5.41) is 8.93. The van der Waals surface area contributed by atoms with Crippen LogP contribution in [0.25, 0.3) is 11.1 Å². The Kier molecular flexibility index (Phi) is 3.80. The van der Waals surface area contributed by atoms with E-state index in [0.717, 1.165) is 0 Å². The highest BCUT2D eigenvalue weighted by atomic mass is 19.4. The molecule has 1 aromatic carbocycles. The number of hydrogen-bond donors (Lipinski definition) is 2. The van der Waals surface area contributed by atoms with Gasteiger partial charge in [0.2, 0.25) is 0 Å². The molecule has 7 heteroatoms. The molecule has 0 amide bonds. The molecule has 0 aliphatic heterocycles. The van der Waals surface area contributed by atoms with Crippen molar-refractivity contribution in [2.75, 3.05) is 5.73 Å². The fourth-order valence-corrected chi connectivity index (χ4v) is 1.69. The molecule has 0 aliphatic rings. The van der Waals surface area contributed by atoms with E-state index in [4.69, 9.17) is 10.8 Å². The SMILES string of the molecule is Nc1nc(CO)ccc1-c1ccc(OC(F)(F)F)cc1. The van der Waals surface area contributed by atoms with Crippen LogP contribution in [0.4, 0.5) is 19.0 Å². The van der Waals surface area contributed by atoms with E-state index >= 15 is 0 Å². The standard InChI is InChI=1S/C13H11F3N2O2/c14-13(15,16)20-10-4-1-8(2-5-10)11-6-3-9(7-19)18-12(11)17/h1-6,19H,7H2,(H2,17,18). The van der Waals surface area contributed by atoms with Crippen LogP contribution < -0.4 is 10.5 Å². The molecule has 0 spiro atoms. The Morgan fingerprint density at radius 1 is 1.10 bits per heavy atom. The second-order valence-electron chi connectivity index (χ2n) is 3.97. The minimum atomic E-state index is -4.72. The van der Waals surface area contributed by atoms with Crippen LogP contribution in [0.15, 0.2) is 36.4 Å². The topological polar surface area (TPSA) is 68.4 Å². The molecule has 0 unspecified atom stereocenters. The van der Waals surface area contributed by atoms with Gasteiger partial charge in [-0.25, -0.2) is 4.98 Å². The van der Waals surface area contributed by atoms with Gasteiger partial charge in [-0.05, 0) is 29.8 Å². The Bertz CT molecular complexity index is 598. The smallest absolute Gasteiger partial charge is 0.406 e. The molecule has 0 aliphatic carbocycles. The molecule has 3 N–H and O–H groups in total. The first-order valence-electron chi connectivity index (χ1n) is 5.61. The predicted molar refractivity (Wildman–Crippen MR) is 66.7 cm³/mol. The van der Waals surface area contributed by atoms with E-state index in [1.54, 1.807) is 12.1 Å². The summed E-state index contributed by atoms with van der Waals surface area (Å²) < 4.78 is 39.9. The highest BCUT2D eigenvalue weighted by Crippen LogP contribution is 2.28. The van der Waals surface area contributed by atoms with Gasteiger partial charge in [0.1, 0.15) is 11.6 Å². The summed E-state index contributed by atoms with van der Waals surface area (Å²) in [6, 6.07) is 8.53. The first-order valence-corrected chi connectivity index (χ1v) is 5.61. The molecule has 1 aromatic heterocycles. The number of ether oxygens (including phenoxy) is 1. The summed E-state index contributed by atoms with van der Waals surface area (Å²) in [5.41, 5.74) is 7.33. The first kappa shape index (κ1) is 14.1. The van der Waals surface area contributed by atoms with Crippen molar-refractivity contribution in [2.45, 2.75) is 13.0 Å². The van der Waals surface area contributed by atoms with Gasteiger partial charge in [0.25, 0.3) is 0 Å². The summed E-state index contributed by atoms with van der Waals surface area (Å²) in [5.74, 6) is -0.110. The van der Waals surface area contributed by atoms with Gasteiger partial charge < -0.3 is 15.6 Å².